The first-order valence-corrected chi connectivity index (χ1v) is 50.6. The number of β-amino-alcohol motifs (C(OH)–C–C–N with tert-alkyl or cyclic N) is 1. The van der Waals surface area contributed by atoms with E-state index in [1.807, 2.05) is 199 Å². The number of carbonyl (C=O) groups excluding carboxylic acids is 5. The predicted molar refractivity (Wildman–Crippen MR) is 570 cm³/mol. The van der Waals surface area contributed by atoms with Gasteiger partial charge in [0.15, 0.2) is 0 Å². The van der Waals surface area contributed by atoms with E-state index in [2.05, 4.69) is 41.7 Å². The van der Waals surface area contributed by atoms with E-state index in [4.69, 9.17) is 108 Å². The highest BCUT2D eigenvalue weighted by Crippen LogP contribution is 2.47. The topological polar surface area (TPSA) is 293 Å². The molecule has 5 atom stereocenters. The molecule has 5 unspecified atom stereocenters. The van der Waals surface area contributed by atoms with Gasteiger partial charge in [0.1, 0.15) is 95.3 Å². The van der Waals surface area contributed by atoms with Crippen molar-refractivity contribution in [2.24, 2.45) is 0 Å². The van der Waals surface area contributed by atoms with Crippen LogP contribution in [0.15, 0.2) is 298 Å². The van der Waals surface area contributed by atoms with E-state index in [9.17, 15) is 33.5 Å². The van der Waals surface area contributed by atoms with Crippen LogP contribution in [0.2, 0.25) is 30.1 Å². The molecule has 0 radical (unpaired) electrons. The van der Waals surface area contributed by atoms with Gasteiger partial charge in [-0.1, -0.05) is 154 Å². The Morgan fingerprint density at radius 1 is 0.412 bits per heavy atom. The molecule has 5 aromatic heterocycles. The summed E-state index contributed by atoms with van der Waals surface area (Å²) >= 11 is 37.2. The molecule has 1 saturated heterocycles. The van der Waals surface area contributed by atoms with E-state index < -0.39 is 30.4 Å². The summed E-state index contributed by atoms with van der Waals surface area (Å²) in [6, 6.07) is 80.4. The second kappa shape index (κ2) is 46.4. The molecule has 5 aliphatic rings. The Hall–Kier alpha value is -15.0. The minimum absolute atomic E-state index is 0.0805. The van der Waals surface area contributed by atoms with Crippen LogP contribution in [-0.4, -0.2) is 192 Å². The lowest BCUT2D eigenvalue weighted by Gasteiger charge is -2.35. The third kappa shape index (κ3) is 23.7. The van der Waals surface area contributed by atoms with Gasteiger partial charge >= 0.3 is 24.4 Å². The number of aryl methyl sites for hydroxylation is 1. The number of carbonyl (C=O) groups is 5. The highest BCUT2D eigenvalue weighted by atomic mass is 35.5. The van der Waals surface area contributed by atoms with Gasteiger partial charge < -0.3 is 67.8 Å². The number of fused-ring (bicyclic) bond motifs is 12. The average molecular weight is 2110 g/mol. The van der Waals surface area contributed by atoms with E-state index >= 15 is 0 Å². The minimum Gasteiger partial charge on any atom is -0.497 e. The van der Waals surface area contributed by atoms with E-state index in [1.165, 1.54) is 29.8 Å². The summed E-state index contributed by atoms with van der Waals surface area (Å²) in [5.74, 6) is 4.20. The molecule has 0 aliphatic carbocycles. The van der Waals surface area contributed by atoms with Gasteiger partial charge in [-0.25, -0.2) is 23.6 Å². The molecule has 0 bridgehead atoms. The zero-order valence-electron chi connectivity index (χ0n) is 80.5. The summed E-state index contributed by atoms with van der Waals surface area (Å²) in [5, 5.41) is 26.5. The number of aromatic amines is 4. The number of halogens is 7. The number of amides is 5. The number of methoxy groups -OCH3 is 1. The zero-order chi connectivity index (χ0) is 103. The zero-order valence-corrected chi connectivity index (χ0v) is 85.0. The number of nitrogens with one attached hydrogen (secondary N) is 4. The lowest BCUT2D eigenvalue weighted by Crippen LogP contribution is -2.50. The molecule has 34 heteroatoms. The number of benzene rings is 12. The van der Waals surface area contributed by atoms with Gasteiger partial charge in [-0.3, -0.25) is 34.0 Å². The SMILES string of the molecule is C=CCOc1ccc(C2c3[nH]c4ccc(Cl)cc4c3CCN2C(=O)Oc2ccccc2)cc1.CC(=O)N1CCN(CC(O)COc2ccc(C3c4[nH]c5ccc(Cl)cc5c4CCN3C(=O)Oc3ccc(Cl)cc3)cc2)CC1.COc1ccc(C2c3[nH]c4ccc(Cl)cc4c3CCN2C(=O)Oc2ccc(F)cc2)cc1.O=C(Oc1ccc(Cl)cc1)N1CCc2c([nH]c3ccc(Cl)cc23)C1c1ccc(OCCCn2ccnn2)cc1. The Kier molecular flexibility index (Phi) is 31.9. The molecule has 756 valence electrons. The smallest absolute Gasteiger partial charge is 0.416 e. The molecule has 5 N–H and O–H groups in total. The molecule has 0 saturated carbocycles. The second-order valence-corrected chi connectivity index (χ2v) is 38.7. The van der Waals surface area contributed by atoms with Gasteiger partial charge in [-0.2, -0.15) is 0 Å². The van der Waals surface area contributed by atoms with Crippen LogP contribution in [0.5, 0.6) is 46.0 Å². The van der Waals surface area contributed by atoms with Crippen molar-refractivity contribution in [1.29, 1.82) is 0 Å². The molecule has 0 spiro atoms. The van der Waals surface area contributed by atoms with E-state index in [-0.39, 0.29) is 42.6 Å². The number of piperazine rings is 1. The van der Waals surface area contributed by atoms with Crippen molar-refractivity contribution in [2.75, 3.05) is 85.8 Å². The Morgan fingerprint density at radius 2 is 0.743 bits per heavy atom. The highest BCUT2D eigenvalue weighted by molar-refractivity contribution is 6.33. The van der Waals surface area contributed by atoms with Gasteiger partial charge in [0.05, 0.1) is 19.9 Å². The molecule has 10 heterocycles. The Bertz CT molecular complexity index is 7590. The number of nitrogens with zero attached hydrogens (tertiary/aromatic N) is 9. The molecule has 5 aliphatic heterocycles. The van der Waals surface area contributed by atoms with Gasteiger partial charge in [-0.05, 0) is 276 Å². The van der Waals surface area contributed by atoms with Crippen molar-refractivity contribution in [3.8, 4) is 46.0 Å². The van der Waals surface area contributed by atoms with Gasteiger partial charge in [0.25, 0.3) is 0 Å². The van der Waals surface area contributed by atoms with Crippen molar-refractivity contribution in [3.63, 3.8) is 0 Å². The summed E-state index contributed by atoms with van der Waals surface area (Å²) in [6.07, 6.45) is 6.22. The minimum atomic E-state index is -0.671. The number of aliphatic hydroxyl groups excluding tert-OH is 1. The third-order valence-corrected chi connectivity index (χ3v) is 28.1. The first-order valence-electron chi connectivity index (χ1n) is 48.4. The molecule has 17 aromatic rings. The van der Waals surface area contributed by atoms with E-state index in [1.54, 1.807) is 111 Å². The van der Waals surface area contributed by atoms with Gasteiger partial charge in [-0.15, -0.1) is 5.10 Å². The van der Waals surface area contributed by atoms with Crippen LogP contribution in [0.25, 0.3) is 43.6 Å². The number of rotatable bonds is 22. The Labute approximate surface area is 882 Å². The monoisotopic (exact) mass is 2110 g/mol. The van der Waals surface area contributed by atoms with Crippen molar-refractivity contribution < 1.29 is 71.4 Å². The fraction of sp³-hybridized carbons (Fsp3) is 0.219. The largest absolute Gasteiger partial charge is 0.497 e. The maximum Gasteiger partial charge on any atom is 0.416 e. The molecular formula is C114H102Cl6FN13O14. The van der Waals surface area contributed by atoms with Crippen molar-refractivity contribution in [3.05, 3.63) is 401 Å². The summed E-state index contributed by atoms with van der Waals surface area (Å²) in [4.78, 5) is 90.0. The normalized spacial score (nSPS) is 15.9. The van der Waals surface area contributed by atoms with Crippen LogP contribution in [-0.2, 0) is 37.0 Å². The van der Waals surface area contributed by atoms with Crippen LogP contribution >= 0.6 is 69.6 Å². The number of H-pyrrole nitrogens is 4. The van der Waals surface area contributed by atoms with E-state index in [0.29, 0.717) is 144 Å². The summed E-state index contributed by atoms with van der Waals surface area (Å²) in [5.41, 5.74) is 15.9. The lowest BCUT2D eigenvalue weighted by atomic mass is 9.92. The quantitative estimate of drug-likeness (QED) is 0.0311. The number of para-hydroxylation sites is 1. The van der Waals surface area contributed by atoms with Gasteiger partial charge in [0, 0.05) is 182 Å². The van der Waals surface area contributed by atoms with Crippen LogP contribution < -0.4 is 37.9 Å². The summed E-state index contributed by atoms with van der Waals surface area (Å²) in [7, 11) is 1.61. The number of aliphatic hydroxyl groups is 1. The molecule has 12 aromatic carbocycles. The second-order valence-electron chi connectivity index (χ2n) is 36.1. The van der Waals surface area contributed by atoms with Crippen LogP contribution in [0.1, 0.15) is 105 Å². The number of hydrogen-bond donors (Lipinski definition) is 5. The number of hydrogen-bond acceptors (Lipinski definition) is 17. The highest BCUT2D eigenvalue weighted by Gasteiger charge is 2.42. The first-order chi connectivity index (χ1) is 72.0. The molecule has 1 fully saturated rings. The van der Waals surface area contributed by atoms with Crippen LogP contribution in [0.3, 0.4) is 0 Å². The van der Waals surface area contributed by atoms with Crippen molar-refractivity contribution in [2.45, 2.75) is 75.8 Å². The fourth-order valence-electron chi connectivity index (χ4n) is 19.6. The number of aromatic nitrogens is 7. The predicted octanol–water partition coefficient (Wildman–Crippen LogP) is 24.9. The molecular weight excluding hydrogens is 2010 g/mol. The van der Waals surface area contributed by atoms with Gasteiger partial charge in [0.2, 0.25) is 5.91 Å². The van der Waals surface area contributed by atoms with Crippen LogP contribution in [0, 0.1) is 5.82 Å². The van der Waals surface area contributed by atoms with Crippen molar-refractivity contribution >= 4 is 143 Å². The summed E-state index contributed by atoms with van der Waals surface area (Å²) < 4.78 is 60.6. The standard InChI is InChI=1S/C33H34Cl2N4O5.C29H25Cl2N5O3.C27H23ClN2O3.C25H20ClFN2O3/c1-21(40)38-16-14-37(15-17-38)19-25(41)20-43-26-7-2-22(3-8-26)32-31-28(29-18-24(35)6-11-30(29)36-31)12-13-39(32)33(42)44-27-9-4-23(34)5-10-27;30-20-4-9-23(10-5-20)39-29(37)36-15-12-24-25-18-21(31)6-11-26(25)33-27(24)28(36)19-2-7-22(8-3-19)38-17-1-14-35-16-13-32-34-35;1-2-16-32-20-11-8-18(9-12-20)26-25-22(23-17-19(28)10-13-24(23)29-25)14-15-30(26)27(31)33-21-6-4-3-5-7-21;1-31-18-7-2-15(3-8-18)24-23-20(21-14-16(26)4-11-22(21)28-23)12-13-29(24)25(30)32-19-9-5-17(27)6-10-19/h2-11,18,25,32,36,41H,12-17,19-20H2,1H3;2-11,13,16,18,28,33H,1,12,14-15,17H2;2-13,17,26,29H,1,14-16H2;2-11,14,24,28H,12-13H2,1H3. The first kappa shape index (κ1) is 102. The molecule has 22 rings (SSSR count). The van der Waals surface area contributed by atoms with Crippen LogP contribution in [0.4, 0.5) is 23.6 Å². The number of ether oxygens (including phenoxy) is 8. The average Bonchev–Trinajstić information content (AvgIpc) is 1.61. The molecule has 5 amide bonds. The Morgan fingerprint density at radius 3 is 1.09 bits per heavy atom. The van der Waals surface area contributed by atoms with E-state index in [0.717, 1.165) is 149 Å². The lowest BCUT2D eigenvalue weighted by molar-refractivity contribution is -0.130. The maximum atomic E-state index is 13.5. The maximum absolute atomic E-state index is 13.5. The third-order valence-electron chi connectivity index (χ3n) is 26.7. The molecule has 148 heavy (non-hydrogen) atoms. The molecule has 27 nitrogen and oxygen atoms in total. The Balaban J connectivity index is 0.000000125. The summed E-state index contributed by atoms with van der Waals surface area (Å²) in [6.45, 7) is 12.3. The fourth-order valence-corrected chi connectivity index (χ4v) is 20.5. The van der Waals surface area contributed by atoms with Crippen molar-refractivity contribution in [1.82, 2.24) is 64.3 Å².